The van der Waals surface area contributed by atoms with Crippen molar-refractivity contribution in [3.63, 3.8) is 0 Å². The predicted molar refractivity (Wildman–Crippen MR) is 114 cm³/mol. The minimum atomic E-state index is -3.56. The molecule has 0 saturated carbocycles. The zero-order chi connectivity index (χ0) is 21.1. The van der Waals surface area contributed by atoms with Crippen LogP contribution in [-0.2, 0) is 10.2 Å². The van der Waals surface area contributed by atoms with Crippen LogP contribution in [-0.4, -0.2) is 39.8 Å². The Hall–Kier alpha value is -2.38. The van der Waals surface area contributed by atoms with Crippen molar-refractivity contribution in [1.29, 1.82) is 0 Å². The molecule has 0 aliphatic carbocycles. The number of nitrogens with one attached hydrogen (secondary N) is 1. The van der Waals surface area contributed by atoms with Crippen LogP contribution in [0.25, 0.3) is 0 Å². The molecule has 1 amide bonds. The molecule has 28 heavy (non-hydrogen) atoms. The van der Waals surface area contributed by atoms with E-state index in [1.165, 1.54) is 31.0 Å². The standard InChI is InChI=1S/C21H29N3O3S/c1-7-20(19-13-8-15(2)14-16(19)3)22-21(25)17-9-11-18(12-10-17)24(6)28(26,27)23(4)5/h8-14,20H,7H2,1-6H3,(H,22,25)/t20-/m0/s1. The number of aryl methyl sites for hydroxylation is 2. The maximum absolute atomic E-state index is 12.7. The molecule has 0 heterocycles. The second-order valence-corrected chi connectivity index (χ2v) is 9.27. The Labute approximate surface area is 168 Å². The van der Waals surface area contributed by atoms with Gasteiger partial charge in [0.2, 0.25) is 0 Å². The molecule has 0 unspecified atom stereocenters. The molecule has 2 rings (SSSR count). The number of anilines is 1. The van der Waals surface area contributed by atoms with E-state index in [9.17, 15) is 13.2 Å². The van der Waals surface area contributed by atoms with Crippen molar-refractivity contribution in [1.82, 2.24) is 9.62 Å². The second kappa shape index (κ2) is 8.75. The molecule has 0 spiro atoms. The predicted octanol–water partition coefficient (Wildman–Crippen LogP) is 3.43. The van der Waals surface area contributed by atoms with Gasteiger partial charge in [-0.1, -0.05) is 30.7 Å². The Bertz CT molecular complexity index is 938. The molecule has 1 N–H and O–H groups in total. The zero-order valence-corrected chi connectivity index (χ0v) is 18.2. The lowest BCUT2D eigenvalue weighted by Gasteiger charge is -2.23. The number of nitrogens with zero attached hydrogens (tertiary/aromatic N) is 2. The average molecular weight is 404 g/mol. The van der Waals surface area contributed by atoms with Gasteiger partial charge >= 0.3 is 10.2 Å². The highest BCUT2D eigenvalue weighted by Crippen LogP contribution is 2.23. The first-order valence-corrected chi connectivity index (χ1v) is 10.6. The topological polar surface area (TPSA) is 69.7 Å². The summed E-state index contributed by atoms with van der Waals surface area (Å²) in [6.07, 6.45) is 0.775. The maximum atomic E-state index is 12.7. The first-order valence-electron chi connectivity index (χ1n) is 9.22. The third-order valence-corrected chi connectivity index (χ3v) is 6.64. The van der Waals surface area contributed by atoms with Crippen LogP contribution < -0.4 is 9.62 Å². The first kappa shape index (κ1) is 21.9. The summed E-state index contributed by atoms with van der Waals surface area (Å²) in [5, 5.41) is 3.08. The van der Waals surface area contributed by atoms with E-state index >= 15 is 0 Å². The molecule has 0 aliphatic heterocycles. The molecular formula is C21H29N3O3S. The van der Waals surface area contributed by atoms with Crippen LogP contribution >= 0.6 is 0 Å². The highest BCUT2D eigenvalue weighted by Gasteiger charge is 2.21. The SMILES string of the molecule is CC[C@H](NC(=O)c1ccc(N(C)S(=O)(=O)N(C)C)cc1)c1ccc(C)cc1C. The molecule has 2 aromatic rings. The van der Waals surface area contributed by atoms with E-state index in [1.807, 2.05) is 26.8 Å². The van der Waals surface area contributed by atoms with Crippen molar-refractivity contribution in [2.24, 2.45) is 0 Å². The van der Waals surface area contributed by atoms with Crippen molar-refractivity contribution in [3.05, 3.63) is 64.7 Å². The summed E-state index contributed by atoms with van der Waals surface area (Å²) in [7, 11) is 0.875. The van der Waals surface area contributed by atoms with Crippen molar-refractivity contribution < 1.29 is 13.2 Å². The van der Waals surface area contributed by atoms with Crippen LogP contribution in [0.5, 0.6) is 0 Å². The average Bonchev–Trinajstić information content (AvgIpc) is 2.65. The van der Waals surface area contributed by atoms with Crippen molar-refractivity contribution in [2.45, 2.75) is 33.2 Å². The van der Waals surface area contributed by atoms with E-state index in [4.69, 9.17) is 0 Å². The van der Waals surface area contributed by atoms with Crippen molar-refractivity contribution >= 4 is 21.8 Å². The van der Waals surface area contributed by atoms with Gasteiger partial charge in [-0.3, -0.25) is 9.10 Å². The number of rotatable bonds is 7. The van der Waals surface area contributed by atoms with Gasteiger partial charge in [-0.15, -0.1) is 0 Å². The molecule has 1 atom stereocenters. The number of benzene rings is 2. The van der Waals surface area contributed by atoms with Crippen LogP contribution in [0.3, 0.4) is 0 Å². The summed E-state index contributed by atoms with van der Waals surface area (Å²) in [4.78, 5) is 12.7. The van der Waals surface area contributed by atoms with Gasteiger partial charge in [-0.2, -0.15) is 12.7 Å². The molecule has 0 fully saturated rings. The molecule has 0 bridgehead atoms. The van der Waals surface area contributed by atoms with Gasteiger partial charge in [0.1, 0.15) is 0 Å². The molecule has 7 heteroatoms. The summed E-state index contributed by atoms with van der Waals surface area (Å²) in [6.45, 7) is 6.13. The molecule has 0 saturated heterocycles. The Balaban J connectivity index is 2.18. The largest absolute Gasteiger partial charge is 0.345 e. The second-order valence-electron chi connectivity index (χ2n) is 7.10. The lowest BCUT2D eigenvalue weighted by molar-refractivity contribution is 0.0935. The van der Waals surface area contributed by atoms with Crippen LogP contribution in [0.1, 0.15) is 46.4 Å². The van der Waals surface area contributed by atoms with Gasteiger partial charge in [-0.25, -0.2) is 0 Å². The van der Waals surface area contributed by atoms with Gasteiger partial charge in [-0.05, 0) is 55.7 Å². The van der Waals surface area contributed by atoms with E-state index < -0.39 is 10.2 Å². The van der Waals surface area contributed by atoms with Gasteiger partial charge in [0.25, 0.3) is 5.91 Å². The third-order valence-electron chi connectivity index (χ3n) is 4.81. The van der Waals surface area contributed by atoms with Crippen LogP contribution in [0.15, 0.2) is 42.5 Å². The molecule has 0 aromatic heterocycles. The van der Waals surface area contributed by atoms with Crippen LogP contribution in [0, 0.1) is 13.8 Å². The quantitative estimate of drug-likeness (QED) is 0.770. The fraction of sp³-hybridized carbons (Fsp3) is 0.381. The lowest BCUT2D eigenvalue weighted by Crippen LogP contribution is -2.37. The summed E-state index contributed by atoms with van der Waals surface area (Å²) >= 11 is 0. The Morgan fingerprint density at radius 1 is 1.04 bits per heavy atom. The fourth-order valence-corrected chi connectivity index (χ4v) is 3.94. The number of carbonyl (C=O) groups excluding carboxylic acids is 1. The minimum Gasteiger partial charge on any atom is -0.345 e. The smallest absolute Gasteiger partial charge is 0.303 e. The summed E-state index contributed by atoms with van der Waals surface area (Å²) in [6, 6.07) is 12.7. The minimum absolute atomic E-state index is 0.0791. The van der Waals surface area contributed by atoms with E-state index in [1.54, 1.807) is 24.3 Å². The molecule has 2 aromatic carbocycles. The number of hydrogen-bond acceptors (Lipinski definition) is 3. The van der Waals surface area contributed by atoms with Gasteiger partial charge in [0.05, 0.1) is 11.7 Å². The highest BCUT2D eigenvalue weighted by molar-refractivity contribution is 7.90. The summed E-state index contributed by atoms with van der Waals surface area (Å²) in [5.74, 6) is -0.184. The monoisotopic (exact) mass is 403 g/mol. The third kappa shape index (κ3) is 4.72. The Morgan fingerprint density at radius 3 is 2.14 bits per heavy atom. The maximum Gasteiger partial charge on any atom is 0.303 e. The Morgan fingerprint density at radius 2 is 1.64 bits per heavy atom. The zero-order valence-electron chi connectivity index (χ0n) is 17.4. The van der Waals surface area contributed by atoms with E-state index in [2.05, 4.69) is 17.4 Å². The van der Waals surface area contributed by atoms with E-state index in [-0.39, 0.29) is 11.9 Å². The van der Waals surface area contributed by atoms with Crippen LogP contribution in [0.4, 0.5) is 5.69 Å². The van der Waals surface area contributed by atoms with E-state index in [0.717, 1.165) is 21.9 Å². The molecule has 152 valence electrons. The van der Waals surface area contributed by atoms with Crippen molar-refractivity contribution in [3.8, 4) is 0 Å². The molecule has 6 nitrogen and oxygen atoms in total. The number of hydrogen-bond donors (Lipinski definition) is 1. The van der Waals surface area contributed by atoms with Gasteiger partial charge in [0, 0.05) is 26.7 Å². The lowest BCUT2D eigenvalue weighted by atomic mass is 9.97. The fourth-order valence-electron chi connectivity index (χ4n) is 3.06. The number of amides is 1. The van der Waals surface area contributed by atoms with Crippen molar-refractivity contribution in [2.75, 3.05) is 25.4 Å². The highest BCUT2D eigenvalue weighted by atomic mass is 32.2. The normalized spacial score (nSPS) is 12.7. The van der Waals surface area contributed by atoms with Crippen LogP contribution in [0.2, 0.25) is 0 Å². The Kier molecular flexibility index (Phi) is 6.85. The molecule has 0 aliphatic rings. The molecule has 0 radical (unpaired) electrons. The first-order chi connectivity index (χ1) is 13.1. The number of carbonyl (C=O) groups is 1. The van der Waals surface area contributed by atoms with Gasteiger partial charge in [0.15, 0.2) is 0 Å². The molecular weight excluding hydrogens is 374 g/mol. The van der Waals surface area contributed by atoms with E-state index in [0.29, 0.717) is 11.3 Å². The summed E-state index contributed by atoms with van der Waals surface area (Å²) in [5.41, 5.74) is 4.43. The summed E-state index contributed by atoms with van der Waals surface area (Å²) < 4.78 is 26.8. The van der Waals surface area contributed by atoms with Gasteiger partial charge < -0.3 is 5.32 Å².